The van der Waals surface area contributed by atoms with Crippen LogP contribution in [0.2, 0.25) is 25.7 Å². The molecule has 0 radical (unpaired) electrons. The van der Waals surface area contributed by atoms with E-state index in [1.165, 1.54) is 12.7 Å². The highest BCUT2D eigenvalue weighted by Crippen LogP contribution is 2.20. The number of benzene rings is 1. The van der Waals surface area contributed by atoms with E-state index in [-0.39, 0.29) is 5.97 Å². The molecular weight excluding hydrogens is 240 g/mol. The molecule has 0 amide bonds. The maximum Gasteiger partial charge on any atom is 0.333 e. The van der Waals surface area contributed by atoms with E-state index in [0.717, 1.165) is 17.2 Å². The standard InChI is InChI=1S/C15H22O2Si/c1-12-6-8-13(9-7-12)10-14(15(16)17-2)11-18(3,4)5/h6-10H,11H2,1-5H3/b14-10+. The van der Waals surface area contributed by atoms with Gasteiger partial charge in [-0.15, -0.1) is 0 Å². The molecule has 3 heteroatoms. The number of hydrogen-bond acceptors (Lipinski definition) is 2. The Kier molecular flexibility index (Phi) is 4.90. The second kappa shape index (κ2) is 6.00. The molecule has 0 heterocycles. The van der Waals surface area contributed by atoms with Crippen LogP contribution >= 0.6 is 0 Å². The van der Waals surface area contributed by atoms with Crippen LogP contribution in [0, 0.1) is 6.92 Å². The van der Waals surface area contributed by atoms with Crippen molar-refractivity contribution < 1.29 is 9.53 Å². The van der Waals surface area contributed by atoms with Crippen LogP contribution in [-0.4, -0.2) is 21.2 Å². The number of methoxy groups -OCH3 is 1. The molecule has 0 saturated carbocycles. The van der Waals surface area contributed by atoms with Crippen LogP contribution in [0.5, 0.6) is 0 Å². The summed E-state index contributed by atoms with van der Waals surface area (Å²) in [6.45, 7) is 8.80. The van der Waals surface area contributed by atoms with Gasteiger partial charge in [0.25, 0.3) is 0 Å². The molecule has 1 aromatic carbocycles. The van der Waals surface area contributed by atoms with Crippen molar-refractivity contribution in [1.29, 1.82) is 0 Å². The van der Waals surface area contributed by atoms with E-state index in [1.807, 2.05) is 18.2 Å². The molecule has 0 aromatic heterocycles. The van der Waals surface area contributed by atoms with E-state index in [4.69, 9.17) is 4.74 Å². The minimum atomic E-state index is -1.33. The van der Waals surface area contributed by atoms with E-state index < -0.39 is 8.07 Å². The lowest BCUT2D eigenvalue weighted by atomic mass is 10.1. The largest absolute Gasteiger partial charge is 0.466 e. The zero-order valence-corrected chi connectivity index (χ0v) is 12.9. The zero-order chi connectivity index (χ0) is 13.8. The first-order valence-corrected chi connectivity index (χ1v) is 9.88. The van der Waals surface area contributed by atoms with Crippen LogP contribution in [0.3, 0.4) is 0 Å². The third-order valence-electron chi connectivity index (χ3n) is 2.59. The number of esters is 1. The number of carbonyl (C=O) groups is 1. The lowest BCUT2D eigenvalue weighted by Gasteiger charge is -2.17. The minimum Gasteiger partial charge on any atom is -0.466 e. The van der Waals surface area contributed by atoms with Crippen molar-refractivity contribution in [1.82, 2.24) is 0 Å². The number of rotatable bonds is 4. The van der Waals surface area contributed by atoms with Crippen LogP contribution in [0.4, 0.5) is 0 Å². The van der Waals surface area contributed by atoms with Crippen LogP contribution < -0.4 is 0 Å². The first-order chi connectivity index (χ1) is 8.31. The van der Waals surface area contributed by atoms with Crippen molar-refractivity contribution >= 4 is 20.1 Å². The number of carbonyl (C=O) groups excluding carboxylic acids is 1. The molecule has 1 aromatic rings. The first-order valence-electron chi connectivity index (χ1n) is 6.17. The molecule has 0 bridgehead atoms. The maximum absolute atomic E-state index is 11.8. The van der Waals surface area contributed by atoms with E-state index in [0.29, 0.717) is 0 Å². The summed E-state index contributed by atoms with van der Waals surface area (Å²) in [7, 11) is 0.107. The molecule has 0 unspecified atom stereocenters. The summed E-state index contributed by atoms with van der Waals surface area (Å²) in [6.07, 6.45) is 1.95. The van der Waals surface area contributed by atoms with Gasteiger partial charge in [0, 0.05) is 13.6 Å². The third kappa shape index (κ3) is 4.88. The fourth-order valence-corrected chi connectivity index (χ4v) is 3.14. The average molecular weight is 262 g/mol. The van der Waals surface area contributed by atoms with Crippen LogP contribution in [-0.2, 0) is 9.53 Å². The molecule has 0 aliphatic heterocycles. The Bertz CT molecular complexity index is 439. The van der Waals surface area contributed by atoms with Crippen molar-refractivity contribution in [2.75, 3.05) is 7.11 Å². The van der Waals surface area contributed by atoms with Gasteiger partial charge in [0.05, 0.1) is 7.11 Å². The molecule has 2 nitrogen and oxygen atoms in total. The highest BCUT2D eigenvalue weighted by atomic mass is 28.3. The van der Waals surface area contributed by atoms with Gasteiger partial charge in [0.1, 0.15) is 0 Å². The van der Waals surface area contributed by atoms with Crippen molar-refractivity contribution in [3.63, 3.8) is 0 Å². The Hall–Kier alpha value is -1.35. The van der Waals surface area contributed by atoms with Crippen LogP contribution in [0.1, 0.15) is 11.1 Å². The number of hydrogen-bond donors (Lipinski definition) is 0. The second-order valence-corrected chi connectivity index (χ2v) is 11.3. The van der Waals surface area contributed by atoms with Crippen LogP contribution in [0.25, 0.3) is 6.08 Å². The molecule has 0 N–H and O–H groups in total. The summed E-state index contributed by atoms with van der Waals surface area (Å²) >= 11 is 0. The summed E-state index contributed by atoms with van der Waals surface area (Å²) in [6, 6.07) is 9.00. The third-order valence-corrected chi connectivity index (χ3v) is 4.03. The van der Waals surface area contributed by atoms with E-state index in [9.17, 15) is 4.79 Å². The van der Waals surface area contributed by atoms with Crippen molar-refractivity contribution in [3.8, 4) is 0 Å². The zero-order valence-electron chi connectivity index (χ0n) is 11.9. The Morgan fingerprint density at radius 1 is 1.22 bits per heavy atom. The van der Waals surface area contributed by atoms with Gasteiger partial charge in [0.2, 0.25) is 0 Å². The van der Waals surface area contributed by atoms with Gasteiger partial charge in [0.15, 0.2) is 0 Å². The SMILES string of the molecule is COC(=O)/C(=C/c1ccc(C)cc1)C[Si](C)(C)C. The molecule has 98 valence electrons. The molecule has 0 aliphatic carbocycles. The summed E-state index contributed by atoms with van der Waals surface area (Å²) in [5.41, 5.74) is 3.05. The lowest BCUT2D eigenvalue weighted by molar-refractivity contribution is -0.135. The Morgan fingerprint density at radius 3 is 2.22 bits per heavy atom. The normalized spacial score (nSPS) is 12.4. The quantitative estimate of drug-likeness (QED) is 0.467. The molecule has 0 spiro atoms. The number of ether oxygens (including phenoxy) is 1. The Morgan fingerprint density at radius 2 is 1.78 bits per heavy atom. The van der Waals surface area contributed by atoms with Gasteiger partial charge >= 0.3 is 5.97 Å². The van der Waals surface area contributed by atoms with E-state index in [2.05, 4.69) is 38.7 Å². The van der Waals surface area contributed by atoms with Gasteiger partial charge < -0.3 is 4.74 Å². The van der Waals surface area contributed by atoms with Crippen molar-refractivity contribution in [2.45, 2.75) is 32.6 Å². The molecule has 18 heavy (non-hydrogen) atoms. The molecule has 0 aliphatic rings. The monoisotopic (exact) mass is 262 g/mol. The molecular formula is C15H22O2Si. The van der Waals surface area contributed by atoms with Gasteiger partial charge in [-0.3, -0.25) is 0 Å². The highest BCUT2D eigenvalue weighted by Gasteiger charge is 2.20. The maximum atomic E-state index is 11.8. The summed E-state index contributed by atoms with van der Waals surface area (Å²) < 4.78 is 4.87. The molecule has 0 fully saturated rings. The average Bonchev–Trinajstić information content (AvgIpc) is 2.28. The van der Waals surface area contributed by atoms with Gasteiger partial charge in [-0.2, -0.15) is 0 Å². The van der Waals surface area contributed by atoms with Crippen LogP contribution in [0.15, 0.2) is 29.8 Å². The second-order valence-electron chi connectivity index (χ2n) is 5.81. The highest BCUT2D eigenvalue weighted by molar-refractivity contribution is 6.77. The van der Waals surface area contributed by atoms with Gasteiger partial charge in [-0.05, 0) is 24.6 Å². The number of aryl methyl sites for hydroxylation is 1. The van der Waals surface area contributed by atoms with E-state index in [1.54, 1.807) is 0 Å². The van der Waals surface area contributed by atoms with Gasteiger partial charge in [-0.1, -0.05) is 49.5 Å². The molecule has 0 saturated heterocycles. The predicted octanol–water partition coefficient (Wildman–Crippen LogP) is 3.89. The van der Waals surface area contributed by atoms with Gasteiger partial charge in [-0.25, -0.2) is 4.79 Å². The van der Waals surface area contributed by atoms with Crippen molar-refractivity contribution in [2.24, 2.45) is 0 Å². The minimum absolute atomic E-state index is 0.210. The Balaban J connectivity index is 3.02. The van der Waals surface area contributed by atoms with Crippen molar-refractivity contribution in [3.05, 3.63) is 41.0 Å². The smallest absolute Gasteiger partial charge is 0.333 e. The Labute approximate surface area is 111 Å². The fraction of sp³-hybridized carbons (Fsp3) is 0.400. The summed E-state index contributed by atoms with van der Waals surface area (Å²) in [5, 5.41) is 0. The predicted molar refractivity (Wildman–Crippen MR) is 79.3 cm³/mol. The topological polar surface area (TPSA) is 26.3 Å². The summed E-state index contributed by atoms with van der Waals surface area (Å²) in [5.74, 6) is -0.210. The lowest BCUT2D eigenvalue weighted by Crippen LogP contribution is -2.23. The van der Waals surface area contributed by atoms with E-state index >= 15 is 0 Å². The molecule has 1 rings (SSSR count). The molecule has 0 atom stereocenters. The fourth-order valence-electron chi connectivity index (χ4n) is 1.75. The summed E-state index contributed by atoms with van der Waals surface area (Å²) in [4.78, 5) is 11.8. The first kappa shape index (κ1) is 14.7.